The van der Waals surface area contributed by atoms with Crippen molar-refractivity contribution in [2.24, 2.45) is 0 Å². The lowest BCUT2D eigenvalue weighted by molar-refractivity contribution is 0.0634. The van der Waals surface area contributed by atoms with Crippen LogP contribution in [0.2, 0.25) is 5.02 Å². The highest BCUT2D eigenvalue weighted by Crippen LogP contribution is 2.24. The maximum absolute atomic E-state index is 5.90. The summed E-state index contributed by atoms with van der Waals surface area (Å²) >= 11 is 5.90. The lowest BCUT2D eigenvalue weighted by atomic mass is 10.4. The molecule has 0 aromatic carbocycles. The summed E-state index contributed by atoms with van der Waals surface area (Å²) in [5.41, 5.74) is 6.03. The summed E-state index contributed by atoms with van der Waals surface area (Å²) < 4.78 is 10.7. The molecule has 0 aliphatic carbocycles. The minimum atomic E-state index is -0.0847. The van der Waals surface area contributed by atoms with Gasteiger partial charge in [0.05, 0.1) is 18.5 Å². The number of hydrogen-bond donors (Lipinski definition) is 1. The Hall–Kier alpha value is -1.00. The first-order valence-electron chi connectivity index (χ1n) is 4.79. The molecule has 5 heteroatoms. The highest BCUT2D eigenvalue weighted by atomic mass is 35.5. The summed E-state index contributed by atoms with van der Waals surface area (Å²) in [6, 6.07) is 1.61. The molecule has 0 saturated carbocycles. The highest BCUT2D eigenvalue weighted by molar-refractivity contribution is 6.32. The zero-order valence-electron chi connectivity index (χ0n) is 8.87. The smallest absolute Gasteiger partial charge is 0.233 e. The van der Waals surface area contributed by atoms with Crippen molar-refractivity contribution in [3.05, 3.63) is 17.3 Å². The highest BCUT2D eigenvalue weighted by Gasteiger charge is 2.08. The second kappa shape index (κ2) is 5.78. The number of rotatable bonds is 5. The van der Waals surface area contributed by atoms with Gasteiger partial charge in [-0.25, -0.2) is 4.98 Å². The van der Waals surface area contributed by atoms with Crippen molar-refractivity contribution in [3.63, 3.8) is 0 Å². The molecule has 0 spiro atoms. The van der Waals surface area contributed by atoms with Crippen LogP contribution in [0.5, 0.6) is 5.88 Å². The van der Waals surface area contributed by atoms with Crippen molar-refractivity contribution in [2.45, 2.75) is 20.0 Å². The van der Waals surface area contributed by atoms with Crippen LogP contribution >= 0.6 is 11.6 Å². The molecule has 1 aromatic heterocycles. The molecule has 1 rings (SSSR count). The average molecular weight is 231 g/mol. The van der Waals surface area contributed by atoms with E-state index in [-0.39, 0.29) is 6.10 Å². The topological polar surface area (TPSA) is 57.4 Å². The summed E-state index contributed by atoms with van der Waals surface area (Å²) in [6.07, 6.45) is 1.42. The van der Waals surface area contributed by atoms with Crippen LogP contribution in [-0.2, 0) is 4.74 Å². The molecule has 0 radical (unpaired) electrons. The number of aromatic nitrogens is 1. The van der Waals surface area contributed by atoms with Gasteiger partial charge in [0.15, 0.2) is 0 Å². The number of halogens is 1. The van der Waals surface area contributed by atoms with Crippen LogP contribution in [0, 0.1) is 0 Å². The fourth-order valence-corrected chi connectivity index (χ4v) is 1.25. The van der Waals surface area contributed by atoms with Gasteiger partial charge in [-0.3, -0.25) is 0 Å². The van der Waals surface area contributed by atoms with Gasteiger partial charge in [-0.05, 0) is 19.9 Å². The Morgan fingerprint density at radius 2 is 2.33 bits per heavy atom. The molecule has 0 bridgehead atoms. The van der Waals surface area contributed by atoms with E-state index in [0.29, 0.717) is 29.8 Å². The minimum Gasteiger partial charge on any atom is -0.471 e. The first kappa shape index (κ1) is 12.1. The quantitative estimate of drug-likeness (QED) is 0.842. The van der Waals surface area contributed by atoms with Gasteiger partial charge in [-0.15, -0.1) is 0 Å². The molecular formula is C10H15ClN2O2. The standard InChI is InChI=1S/C10H15ClN2O2/c1-3-14-6-7(2)15-10-9(11)4-8(12)5-13-10/h4-5,7H,3,6,12H2,1-2H3. The van der Waals surface area contributed by atoms with E-state index in [0.717, 1.165) is 0 Å². The van der Waals surface area contributed by atoms with Crippen LogP contribution < -0.4 is 10.5 Å². The fraction of sp³-hybridized carbons (Fsp3) is 0.500. The minimum absolute atomic E-state index is 0.0847. The third-order valence-corrected chi connectivity index (χ3v) is 1.97. The predicted octanol–water partition coefficient (Wildman–Crippen LogP) is 2.12. The average Bonchev–Trinajstić information content (AvgIpc) is 2.19. The lowest BCUT2D eigenvalue weighted by Gasteiger charge is -2.14. The van der Waals surface area contributed by atoms with Gasteiger partial charge in [0.2, 0.25) is 5.88 Å². The normalized spacial score (nSPS) is 12.5. The van der Waals surface area contributed by atoms with E-state index < -0.39 is 0 Å². The Balaban J connectivity index is 2.56. The number of anilines is 1. The SMILES string of the molecule is CCOCC(C)Oc1ncc(N)cc1Cl. The first-order chi connectivity index (χ1) is 7.13. The van der Waals surface area contributed by atoms with Crippen molar-refractivity contribution < 1.29 is 9.47 Å². The summed E-state index contributed by atoms with van der Waals surface area (Å²) in [5, 5.41) is 0.415. The van der Waals surface area contributed by atoms with Crippen molar-refractivity contribution in [1.82, 2.24) is 4.98 Å². The van der Waals surface area contributed by atoms with Gasteiger partial charge < -0.3 is 15.2 Å². The van der Waals surface area contributed by atoms with Gasteiger partial charge >= 0.3 is 0 Å². The Kier molecular flexibility index (Phi) is 4.65. The van der Waals surface area contributed by atoms with Crippen molar-refractivity contribution >= 4 is 17.3 Å². The molecule has 1 heterocycles. The van der Waals surface area contributed by atoms with Crippen LogP contribution in [-0.4, -0.2) is 24.3 Å². The fourth-order valence-electron chi connectivity index (χ4n) is 1.04. The van der Waals surface area contributed by atoms with Crippen LogP contribution in [0.15, 0.2) is 12.3 Å². The number of nitrogens with two attached hydrogens (primary N) is 1. The third-order valence-electron chi connectivity index (χ3n) is 1.70. The summed E-state index contributed by atoms with van der Waals surface area (Å²) in [5.74, 6) is 0.387. The molecule has 0 amide bonds. The summed E-state index contributed by atoms with van der Waals surface area (Å²) in [7, 11) is 0. The summed E-state index contributed by atoms with van der Waals surface area (Å²) in [6.45, 7) is 5.00. The zero-order valence-corrected chi connectivity index (χ0v) is 9.62. The third kappa shape index (κ3) is 3.93. The Labute approximate surface area is 94.3 Å². The van der Waals surface area contributed by atoms with Gasteiger partial charge in [0.25, 0.3) is 0 Å². The molecular weight excluding hydrogens is 216 g/mol. The van der Waals surface area contributed by atoms with E-state index in [9.17, 15) is 0 Å². The Morgan fingerprint density at radius 3 is 2.93 bits per heavy atom. The second-order valence-corrected chi connectivity index (χ2v) is 3.55. The molecule has 0 aliphatic rings. The van der Waals surface area contributed by atoms with E-state index in [1.807, 2.05) is 13.8 Å². The molecule has 0 aliphatic heterocycles. The number of nitrogens with zero attached hydrogens (tertiary/aromatic N) is 1. The molecule has 1 aromatic rings. The lowest BCUT2D eigenvalue weighted by Crippen LogP contribution is -2.19. The van der Waals surface area contributed by atoms with Crippen molar-refractivity contribution in [2.75, 3.05) is 18.9 Å². The number of hydrogen-bond acceptors (Lipinski definition) is 4. The molecule has 1 unspecified atom stereocenters. The molecule has 2 N–H and O–H groups in total. The van der Waals surface area contributed by atoms with Crippen LogP contribution in [0.1, 0.15) is 13.8 Å². The second-order valence-electron chi connectivity index (χ2n) is 3.14. The number of ether oxygens (including phenoxy) is 2. The van der Waals surface area contributed by atoms with Crippen molar-refractivity contribution in [3.8, 4) is 5.88 Å². The summed E-state index contributed by atoms with van der Waals surface area (Å²) in [4.78, 5) is 3.99. The monoisotopic (exact) mass is 230 g/mol. The van der Waals surface area contributed by atoms with E-state index in [1.54, 1.807) is 6.07 Å². The van der Waals surface area contributed by atoms with Crippen LogP contribution in [0.4, 0.5) is 5.69 Å². The van der Waals surface area contributed by atoms with Gasteiger partial charge in [0.1, 0.15) is 11.1 Å². The molecule has 1 atom stereocenters. The van der Waals surface area contributed by atoms with Gasteiger partial charge in [-0.2, -0.15) is 0 Å². The molecule has 15 heavy (non-hydrogen) atoms. The Morgan fingerprint density at radius 1 is 1.60 bits per heavy atom. The Bertz CT molecular complexity index is 320. The molecule has 84 valence electrons. The van der Waals surface area contributed by atoms with E-state index in [4.69, 9.17) is 26.8 Å². The van der Waals surface area contributed by atoms with Gasteiger partial charge in [-0.1, -0.05) is 11.6 Å². The van der Waals surface area contributed by atoms with Crippen LogP contribution in [0.3, 0.4) is 0 Å². The molecule has 0 fully saturated rings. The molecule has 0 saturated heterocycles. The van der Waals surface area contributed by atoms with Gasteiger partial charge in [0, 0.05) is 6.61 Å². The maximum Gasteiger partial charge on any atom is 0.233 e. The van der Waals surface area contributed by atoms with E-state index in [1.165, 1.54) is 6.20 Å². The zero-order chi connectivity index (χ0) is 11.3. The van der Waals surface area contributed by atoms with Crippen molar-refractivity contribution in [1.29, 1.82) is 0 Å². The number of nitrogen functional groups attached to an aromatic ring is 1. The van der Waals surface area contributed by atoms with E-state index in [2.05, 4.69) is 4.98 Å². The first-order valence-corrected chi connectivity index (χ1v) is 5.16. The largest absolute Gasteiger partial charge is 0.471 e. The number of pyridine rings is 1. The maximum atomic E-state index is 5.90. The molecule has 4 nitrogen and oxygen atoms in total. The van der Waals surface area contributed by atoms with Crippen LogP contribution in [0.25, 0.3) is 0 Å². The predicted molar refractivity (Wildman–Crippen MR) is 60.2 cm³/mol. The van der Waals surface area contributed by atoms with E-state index >= 15 is 0 Å².